The second-order valence-electron chi connectivity index (χ2n) is 5.52. The number of nitrogens with zero attached hydrogens (tertiary/aromatic N) is 3. The zero-order valence-electron chi connectivity index (χ0n) is 13.3. The highest BCUT2D eigenvalue weighted by Crippen LogP contribution is 2.09. The Balaban J connectivity index is 2.99. The first-order valence-electron chi connectivity index (χ1n) is 6.96. The second-order valence-corrected chi connectivity index (χ2v) is 5.52. The van der Waals surface area contributed by atoms with Gasteiger partial charge in [0.15, 0.2) is 0 Å². The van der Waals surface area contributed by atoms with Crippen LogP contribution in [0.2, 0.25) is 0 Å². The molecule has 7 nitrogen and oxygen atoms in total. The second kappa shape index (κ2) is 6.71. The van der Waals surface area contributed by atoms with Crippen molar-refractivity contribution >= 4 is 5.91 Å². The van der Waals surface area contributed by atoms with Gasteiger partial charge in [0, 0.05) is 27.3 Å². The molecule has 1 rings (SSSR count). The van der Waals surface area contributed by atoms with Crippen molar-refractivity contribution < 1.29 is 4.79 Å². The highest BCUT2D eigenvalue weighted by molar-refractivity contribution is 5.81. The maximum atomic E-state index is 12.2. The molecule has 7 heteroatoms. The fourth-order valence-corrected chi connectivity index (χ4v) is 2.08. The van der Waals surface area contributed by atoms with E-state index in [1.54, 1.807) is 14.1 Å². The van der Waals surface area contributed by atoms with E-state index >= 15 is 0 Å². The molecular weight excluding hydrogens is 272 g/mol. The van der Waals surface area contributed by atoms with Crippen LogP contribution in [0.5, 0.6) is 0 Å². The summed E-state index contributed by atoms with van der Waals surface area (Å²) < 4.78 is 2.35. The van der Waals surface area contributed by atoms with Crippen LogP contribution >= 0.6 is 0 Å². The van der Waals surface area contributed by atoms with Gasteiger partial charge in [0.25, 0.3) is 5.56 Å². The third-order valence-corrected chi connectivity index (χ3v) is 3.84. The number of aromatic nitrogens is 2. The van der Waals surface area contributed by atoms with Gasteiger partial charge < -0.3 is 15.2 Å². The molecule has 2 atom stereocenters. The molecule has 0 aliphatic rings. The van der Waals surface area contributed by atoms with Crippen molar-refractivity contribution in [2.45, 2.75) is 32.9 Å². The molecule has 0 aromatic carbocycles. The van der Waals surface area contributed by atoms with Crippen molar-refractivity contribution in [1.29, 1.82) is 0 Å². The van der Waals surface area contributed by atoms with Gasteiger partial charge in [0.1, 0.15) is 0 Å². The molecule has 0 spiro atoms. The molecule has 1 aromatic heterocycles. The normalized spacial score (nSPS) is 13.8. The van der Waals surface area contributed by atoms with E-state index in [-0.39, 0.29) is 18.4 Å². The van der Waals surface area contributed by atoms with Crippen LogP contribution in [-0.2, 0) is 25.4 Å². The molecule has 1 amide bonds. The number of amides is 1. The molecule has 2 unspecified atom stereocenters. The summed E-state index contributed by atoms with van der Waals surface area (Å²) in [6, 6.07) is -0.587. The van der Waals surface area contributed by atoms with Crippen LogP contribution in [0.1, 0.15) is 25.8 Å². The molecule has 0 fully saturated rings. The molecule has 0 saturated carbocycles. The van der Waals surface area contributed by atoms with Gasteiger partial charge in [-0.15, -0.1) is 0 Å². The smallest absolute Gasteiger partial charge is 0.330 e. The lowest BCUT2D eigenvalue weighted by molar-refractivity contribution is -0.133. The quantitative estimate of drug-likeness (QED) is 0.787. The lowest BCUT2D eigenvalue weighted by Crippen LogP contribution is -2.46. The van der Waals surface area contributed by atoms with Gasteiger partial charge in [-0.05, 0) is 5.92 Å². The predicted octanol–water partition coefficient (Wildman–Crippen LogP) is -0.584. The molecule has 1 heterocycles. The van der Waals surface area contributed by atoms with Crippen LogP contribution < -0.4 is 17.0 Å². The van der Waals surface area contributed by atoms with E-state index in [1.807, 2.05) is 13.8 Å². The Labute approximate surface area is 124 Å². The molecule has 0 aliphatic carbocycles. The minimum Gasteiger partial charge on any atom is -0.340 e. The Hall–Kier alpha value is -1.89. The Morgan fingerprint density at radius 2 is 1.95 bits per heavy atom. The summed E-state index contributed by atoms with van der Waals surface area (Å²) in [6.45, 7) is 4.02. The number of carbonyl (C=O) groups is 1. The van der Waals surface area contributed by atoms with Crippen LogP contribution in [0.3, 0.4) is 0 Å². The zero-order chi connectivity index (χ0) is 16.3. The maximum Gasteiger partial charge on any atom is 0.330 e. The zero-order valence-corrected chi connectivity index (χ0v) is 13.3. The average molecular weight is 296 g/mol. The average Bonchev–Trinajstić information content (AvgIpc) is 2.47. The standard InChI is InChI=1S/C14H24N4O3/c1-6-9(2)11(15)13(20)16(3)7-10-8-17(4)14(21)18(5)12(10)19/h8-9,11H,6-7,15H2,1-5H3. The fraction of sp³-hybridized carbons (Fsp3) is 0.643. The Kier molecular flexibility index (Phi) is 5.48. The molecular formula is C14H24N4O3. The van der Waals surface area contributed by atoms with Crippen LogP contribution in [-0.4, -0.2) is 33.0 Å². The van der Waals surface area contributed by atoms with Gasteiger partial charge in [-0.3, -0.25) is 14.2 Å². The van der Waals surface area contributed by atoms with Gasteiger partial charge >= 0.3 is 5.69 Å². The molecule has 0 aliphatic heterocycles. The van der Waals surface area contributed by atoms with E-state index < -0.39 is 17.3 Å². The van der Waals surface area contributed by atoms with Crippen LogP contribution in [0, 0.1) is 5.92 Å². The minimum atomic E-state index is -0.587. The SMILES string of the molecule is CCC(C)C(N)C(=O)N(C)Cc1cn(C)c(=O)n(C)c1=O. The molecule has 118 valence electrons. The minimum absolute atomic E-state index is 0.0721. The maximum absolute atomic E-state index is 12.2. The number of aryl methyl sites for hydroxylation is 1. The molecule has 0 bridgehead atoms. The van der Waals surface area contributed by atoms with Crippen molar-refractivity contribution in [3.63, 3.8) is 0 Å². The van der Waals surface area contributed by atoms with Gasteiger partial charge in [-0.25, -0.2) is 4.79 Å². The molecule has 0 saturated heterocycles. The first kappa shape index (κ1) is 17.2. The molecule has 21 heavy (non-hydrogen) atoms. The summed E-state index contributed by atoms with van der Waals surface area (Å²) in [5.41, 5.74) is 5.51. The van der Waals surface area contributed by atoms with Crippen molar-refractivity contribution in [2.24, 2.45) is 25.7 Å². The van der Waals surface area contributed by atoms with E-state index in [2.05, 4.69) is 0 Å². The van der Waals surface area contributed by atoms with E-state index in [9.17, 15) is 14.4 Å². The Bertz CT molecular complexity index is 632. The first-order valence-corrected chi connectivity index (χ1v) is 6.96. The van der Waals surface area contributed by atoms with Gasteiger partial charge in [0.05, 0.1) is 18.2 Å². The lowest BCUT2D eigenvalue weighted by atomic mass is 9.99. The third kappa shape index (κ3) is 3.60. The summed E-state index contributed by atoms with van der Waals surface area (Å²) in [5.74, 6) is -0.136. The number of hydrogen-bond acceptors (Lipinski definition) is 4. The van der Waals surface area contributed by atoms with E-state index in [4.69, 9.17) is 5.73 Å². The summed E-state index contributed by atoms with van der Waals surface area (Å²) in [7, 11) is 4.59. The third-order valence-electron chi connectivity index (χ3n) is 3.84. The molecule has 2 N–H and O–H groups in total. The molecule has 1 aromatic rings. The lowest BCUT2D eigenvalue weighted by Gasteiger charge is -2.24. The van der Waals surface area contributed by atoms with Crippen molar-refractivity contribution in [3.05, 3.63) is 32.6 Å². The Morgan fingerprint density at radius 3 is 2.48 bits per heavy atom. The highest BCUT2D eigenvalue weighted by Gasteiger charge is 2.23. The fourth-order valence-electron chi connectivity index (χ4n) is 2.08. The highest BCUT2D eigenvalue weighted by atomic mass is 16.2. The van der Waals surface area contributed by atoms with Gasteiger partial charge in [-0.2, -0.15) is 0 Å². The van der Waals surface area contributed by atoms with Crippen molar-refractivity contribution in [3.8, 4) is 0 Å². The van der Waals surface area contributed by atoms with Crippen LogP contribution in [0.25, 0.3) is 0 Å². The number of nitrogens with two attached hydrogens (primary N) is 1. The number of hydrogen-bond donors (Lipinski definition) is 1. The summed E-state index contributed by atoms with van der Waals surface area (Å²) in [6.07, 6.45) is 2.27. The van der Waals surface area contributed by atoms with Gasteiger partial charge in [-0.1, -0.05) is 20.3 Å². The summed E-state index contributed by atoms with van der Waals surface area (Å²) in [5, 5.41) is 0. The first-order chi connectivity index (χ1) is 9.70. The van der Waals surface area contributed by atoms with E-state index in [0.717, 1.165) is 11.0 Å². The van der Waals surface area contributed by atoms with Gasteiger partial charge in [0.2, 0.25) is 5.91 Å². The molecule has 0 radical (unpaired) electrons. The predicted molar refractivity (Wildman–Crippen MR) is 80.8 cm³/mol. The monoisotopic (exact) mass is 296 g/mol. The summed E-state index contributed by atoms with van der Waals surface area (Å²) in [4.78, 5) is 37.3. The van der Waals surface area contributed by atoms with E-state index in [1.165, 1.54) is 22.7 Å². The number of carbonyl (C=O) groups excluding carboxylic acids is 1. The number of rotatable bonds is 5. The summed E-state index contributed by atoms with van der Waals surface area (Å²) >= 11 is 0. The van der Waals surface area contributed by atoms with Crippen LogP contribution in [0.4, 0.5) is 0 Å². The van der Waals surface area contributed by atoms with Crippen molar-refractivity contribution in [1.82, 2.24) is 14.0 Å². The topological polar surface area (TPSA) is 90.3 Å². The van der Waals surface area contributed by atoms with Crippen LogP contribution in [0.15, 0.2) is 15.8 Å². The van der Waals surface area contributed by atoms with Crippen molar-refractivity contribution in [2.75, 3.05) is 7.05 Å². The van der Waals surface area contributed by atoms with E-state index in [0.29, 0.717) is 5.56 Å². The largest absolute Gasteiger partial charge is 0.340 e. The Morgan fingerprint density at radius 1 is 1.38 bits per heavy atom. The number of likely N-dealkylation sites (N-methyl/N-ethyl adjacent to an activating group) is 1.